The fourth-order valence-corrected chi connectivity index (χ4v) is 3.22. The molecule has 0 saturated carbocycles. The Balaban J connectivity index is 1.99. The Morgan fingerprint density at radius 1 is 1.25 bits per heavy atom. The molecule has 0 bridgehead atoms. The summed E-state index contributed by atoms with van der Waals surface area (Å²) in [7, 11) is 1.62. The minimum atomic E-state index is -0.121. The van der Waals surface area contributed by atoms with Gasteiger partial charge in [-0.2, -0.15) is 0 Å². The molecule has 0 aliphatic rings. The van der Waals surface area contributed by atoms with Gasteiger partial charge in [-0.05, 0) is 49.6 Å². The number of hydrogen-bond donors (Lipinski definition) is 0. The number of methoxy groups -OCH3 is 1. The van der Waals surface area contributed by atoms with Crippen LogP contribution in [0.2, 0.25) is 0 Å². The summed E-state index contributed by atoms with van der Waals surface area (Å²) in [5.74, 6) is 1.16. The predicted molar refractivity (Wildman–Crippen MR) is 93.8 cm³/mol. The van der Waals surface area contributed by atoms with Gasteiger partial charge in [0, 0.05) is 10.6 Å². The molecule has 3 aromatic rings. The van der Waals surface area contributed by atoms with Crippen molar-refractivity contribution in [2.75, 3.05) is 12.0 Å². The van der Waals surface area contributed by atoms with Crippen LogP contribution in [-0.4, -0.2) is 18.2 Å². The molecule has 0 spiro atoms. The first-order valence-electron chi connectivity index (χ1n) is 7.51. The van der Waals surface area contributed by atoms with Crippen molar-refractivity contribution in [3.05, 3.63) is 63.7 Å². The quantitative estimate of drug-likeness (QED) is 0.697. The molecule has 24 heavy (non-hydrogen) atoms. The molecule has 6 heteroatoms. The van der Waals surface area contributed by atoms with Crippen molar-refractivity contribution in [3.8, 4) is 5.75 Å². The maximum atomic E-state index is 13.1. The van der Waals surface area contributed by atoms with E-state index in [9.17, 15) is 4.79 Å². The number of carbonyl (C=O) groups is 1. The second kappa shape index (κ2) is 6.88. The topological polar surface area (TPSA) is 55.6 Å². The summed E-state index contributed by atoms with van der Waals surface area (Å²) in [5.41, 5.74) is 1.92. The van der Waals surface area contributed by atoms with Crippen LogP contribution in [0.3, 0.4) is 0 Å². The van der Waals surface area contributed by atoms with Gasteiger partial charge in [-0.1, -0.05) is 11.2 Å². The zero-order valence-electron chi connectivity index (χ0n) is 13.8. The molecule has 1 aromatic carbocycles. The van der Waals surface area contributed by atoms with E-state index in [1.54, 1.807) is 37.2 Å². The Hall–Kier alpha value is -2.60. The van der Waals surface area contributed by atoms with Crippen LogP contribution in [0.15, 0.2) is 46.3 Å². The lowest BCUT2D eigenvalue weighted by molar-refractivity contribution is 0.0983. The van der Waals surface area contributed by atoms with Crippen molar-refractivity contribution in [2.24, 2.45) is 0 Å². The number of ether oxygens (including phenoxy) is 1. The standard InChI is InChI=1S/C18H18N2O3S/c1-12-17(13(2)23-19-12)18(21)20(11-16-5-4-10-24-16)14-6-8-15(22-3)9-7-14/h4-10H,11H2,1-3H3. The summed E-state index contributed by atoms with van der Waals surface area (Å²) in [6.45, 7) is 4.03. The maximum Gasteiger partial charge on any atom is 0.264 e. The van der Waals surface area contributed by atoms with Crippen LogP contribution < -0.4 is 9.64 Å². The van der Waals surface area contributed by atoms with Crippen LogP contribution in [0.1, 0.15) is 26.7 Å². The molecule has 5 nitrogen and oxygen atoms in total. The second-order valence-electron chi connectivity index (χ2n) is 5.37. The van der Waals surface area contributed by atoms with Crippen LogP contribution in [-0.2, 0) is 6.54 Å². The van der Waals surface area contributed by atoms with Crippen LogP contribution in [0.25, 0.3) is 0 Å². The molecule has 0 aliphatic carbocycles. The first-order chi connectivity index (χ1) is 11.6. The molecule has 2 heterocycles. The van der Waals surface area contributed by atoms with Crippen molar-refractivity contribution >= 4 is 22.9 Å². The summed E-state index contributed by atoms with van der Waals surface area (Å²) >= 11 is 1.62. The van der Waals surface area contributed by atoms with Gasteiger partial charge in [0.05, 0.1) is 19.3 Å². The number of aromatic nitrogens is 1. The number of hydrogen-bond acceptors (Lipinski definition) is 5. The molecular weight excluding hydrogens is 324 g/mol. The average Bonchev–Trinajstić information content (AvgIpc) is 3.22. The molecule has 0 saturated heterocycles. The van der Waals surface area contributed by atoms with Gasteiger partial charge in [0.25, 0.3) is 5.91 Å². The largest absolute Gasteiger partial charge is 0.497 e. The fraction of sp³-hybridized carbons (Fsp3) is 0.222. The number of amides is 1. The zero-order chi connectivity index (χ0) is 17.1. The van der Waals surface area contributed by atoms with E-state index in [0.717, 1.165) is 16.3 Å². The molecule has 0 atom stereocenters. The van der Waals surface area contributed by atoms with Gasteiger partial charge >= 0.3 is 0 Å². The SMILES string of the molecule is COc1ccc(N(Cc2cccs2)C(=O)c2c(C)noc2C)cc1. The van der Waals surface area contributed by atoms with Gasteiger partial charge in [-0.3, -0.25) is 4.79 Å². The highest BCUT2D eigenvalue weighted by Crippen LogP contribution is 2.26. The van der Waals surface area contributed by atoms with E-state index < -0.39 is 0 Å². The third kappa shape index (κ3) is 3.19. The summed E-state index contributed by atoms with van der Waals surface area (Å²) < 4.78 is 10.4. The normalized spacial score (nSPS) is 10.6. The number of thiophene rings is 1. The van der Waals surface area contributed by atoms with Gasteiger partial charge in [-0.15, -0.1) is 11.3 Å². The van der Waals surface area contributed by atoms with E-state index in [4.69, 9.17) is 9.26 Å². The van der Waals surface area contributed by atoms with Gasteiger partial charge in [0.2, 0.25) is 0 Å². The monoisotopic (exact) mass is 342 g/mol. The molecule has 1 amide bonds. The predicted octanol–water partition coefficient (Wildman–Crippen LogP) is 4.21. The smallest absolute Gasteiger partial charge is 0.264 e. The summed E-state index contributed by atoms with van der Waals surface area (Å²) in [5, 5.41) is 5.90. The number of rotatable bonds is 5. The van der Waals surface area contributed by atoms with Gasteiger partial charge in [0.1, 0.15) is 17.1 Å². The van der Waals surface area contributed by atoms with E-state index in [-0.39, 0.29) is 5.91 Å². The first kappa shape index (κ1) is 16.3. The Bertz CT molecular complexity index is 803. The molecular formula is C18H18N2O3S. The highest BCUT2D eigenvalue weighted by Gasteiger charge is 2.25. The Morgan fingerprint density at radius 2 is 2.00 bits per heavy atom. The summed E-state index contributed by atoms with van der Waals surface area (Å²) in [6, 6.07) is 11.4. The zero-order valence-corrected chi connectivity index (χ0v) is 14.6. The molecule has 0 aliphatic heterocycles. The molecule has 0 radical (unpaired) electrons. The average molecular weight is 342 g/mol. The Labute approximate surface area is 144 Å². The van der Waals surface area contributed by atoms with Crippen molar-refractivity contribution in [3.63, 3.8) is 0 Å². The number of benzene rings is 1. The third-order valence-electron chi connectivity index (χ3n) is 3.77. The molecule has 3 rings (SSSR count). The van der Waals surface area contributed by atoms with E-state index in [1.807, 2.05) is 41.8 Å². The minimum Gasteiger partial charge on any atom is -0.497 e. The van der Waals surface area contributed by atoms with Crippen LogP contribution in [0.5, 0.6) is 5.75 Å². The van der Waals surface area contributed by atoms with Crippen LogP contribution >= 0.6 is 11.3 Å². The molecule has 0 unspecified atom stereocenters. The van der Waals surface area contributed by atoms with Crippen molar-refractivity contribution in [2.45, 2.75) is 20.4 Å². The van der Waals surface area contributed by atoms with E-state index in [0.29, 0.717) is 23.6 Å². The highest BCUT2D eigenvalue weighted by atomic mass is 32.1. The second-order valence-corrected chi connectivity index (χ2v) is 6.40. The summed E-state index contributed by atoms with van der Waals surface area (Å²) in [4.78, 5) is 16.0. The van der Waals surface area contributed by atoms with E-state index in [1.165, 1.54) is 0 Å². The van der Waals surface area contributed by atoms with Crippen LogP contribution in [0.4, 0.5) is 5.69 Å². The molecule has 0 fully saturated rings. The van der Waals surface area contributed by atoms with Crippen LogP contribution in [0, 0.1) is 13.8 Å². The van der Waals surface area contributed by atoms with Crippen molar-refractivity contribution in [1.82, 2.24) is 5.16 Å². The minimum absolute atomic E-state index is 0.121. The van der Waals surface area contributed by atoms with E-state index >= 15 is 0 Å². The van der Waals surface area contributed by atoms with Crippen molar-refractivity contribution in [1.29, 1.82) is 0 Å². The van der Waals surface area contributed by atoms with Gasteiger partial charge in [-0.25, -0.2) is 0 Å². The fourth-order valence-electron chi connectivity index (χ4n) is 2.52. The van der Waals surface area contributed by atoms with Gasteiger partial charge < -0.3 is 14.2 Å². The Kier molecular flexibility index (Phi) is 4.66. The van der Waals surface area contributed by atoms with Crippen molar-refractivity contribution < 1.29 is 14.1 Å². The third-order valence-corrected chi connectivity index (χ3v) is 4.63. The summed E-state index contributed by atoms with van der Waals surface area (Å²) in [6.07, 6.45) is 0. The lowest BCUT2D eigenvalue weighted by atomic mass is 10.1. The molecule has 0 N–H and O–H groups in total. The molecule has 2 aromatic heterocycles. The Morgan fingerprint density at radius 3 is 2.54 bits per heavy atom. The number of anilines is 1. The highest BCUT2D eigenvalue weighted by molar-refractivity contribution is 7.09. The van der Waals surface area contributed by atoms with E-state index in [2.05, 4.69) is 5.16 Å². The number of aryl methyl sites for hydroxylation is 2. The lowest BCUT2D eigenvalue weighted by Crippen LogP contribution is -2.30. The number of carbonyl (C=O) groups excluding carboxylic acids is 1. The van der Waals surface area contributed by atoms with Gasteiger partial charge in [0.15, 0.2) is 0 Å². The number of nitrogens with zero attached hydrogens (tertiary/aromatic N) is 2. The maximum absolute atomic E-state index is 13.1. The first-order valence-corrected chi connectivity index (χ1v) is 8.39. The lowest BCUT2D eigenvalue weighted by Gasteiger charge is -2.22. The molecule has 124 valence electrons.